The van der Waals surface area contributed by atoms with Gasteiger partial charge in [-0.05, 0) is 47.9 Å². The molecule has 6 nitrogen and oxygen atoms in total. The Morgan fingerprint density at radius 2 is 1.51 bits per heavy atom. The second-order valence-corrected chi connectivity index (χ2v) is 9.84. The molecular formula is C29H32Cl2N2O4. The summed E-state index contributed by atoms with van der Waals surface area (Å²) < 4.78 is 11.0. The predicted molar refractivity (Wildman–Crippen MR) is 147 cm³/mol. The number of hydrogen-bond donors (Lipinski definition) is 1. The molecule has 8 heteroatoms. The summed E-state index contributed by atoms with van der Waals surface area (Å²) in [6, 6.07) is 20.9. The highest BCUT2D eigenvalue weighted by Gasteiger charge is 2.31. The number of rotatable bonds is 12. The Kier molecular flexibility index (Phi) is 10.7. The maximum atomic E-state index is 13.7. The minimum absolute atomic E-state index is 0.0515. The number of carbonyl (C=O) groups excluding carboxylic acids is 2. The number of methoxy groups -OCH3 is 1. The summed E-state index contributed by atoms with van der Waals surface area (Å²) in [6.45, 7) is 4.30. The van der Waals surface area contributed by atoms with Crippen molar-refractivity contribution < 1.29 is 19.1 Å². The van der Waals surface area contributed by atoms with Crippen molar-refractivity contribution in [1.82, 2.24) is 10.2 Å². The molecule has 0 heterocycles. The quantitative estimate of drug-likeness (QED) is 0.314. The molecule has 3 aromatic carbocycles. The Morgan fingerprint density at radius 3 is 2.11 bits per heavy atom. The fourth-order valence-electron chi connectivity index (χ4n) is 3.73. The Labute approximate surface area is 228 Å². The van der Waals surface area contributed by atoms with E-state index in [1.54, 1.807) is 49.6 Å². The van der Waals surface area contributed by atoms with E-state index in [-0.39, 0.29) is 30.9 Å². The minimum Gasteiger partial charge on any atom is -0.497 e. The third-order valence-electron chi connectivity index (χ3n) is 5.77. The average molecular weight is 543 g/mol. The van der Waals surface area contributed by atoms with E-state index in [0.717, 1.165) is 5.56 Å². The minimum atomic E-state index is -0.805. The van der Waals surface area contributed by atoms with Crippen molar-refractivity contribution in [2.45, 2.75) is 32.9 Å². The molecule has 0 saturated heterocycles. The van der Waals surface area contributed by atoms with Crippen molar-refractivity contribution in [2.75, 3.05) is 20.3 Å². The van der Waals surface area contributed by atoms with E-state index >= 15 is 0 Å². The first-order valence-corrected chi connectivity index (χ1v) is 12.8. The highest BCUT2D eigenvalue weighted by molar-refractivity contribution is 6.36. The number of nitrogens with one attached hydrogen (secondary N) is 1. The van der Waals surface area contributed by atoms with Crippen LogP contribution in [0.2, 0.25) is 10.0 Å². The molecule has 0 spiro atoms. The molecule has 2 amide bonds. The van der Waals surface area contributed by atoms with Crippen molar-refractivity contribution >= 4 is 35.0 Å². The third kappa shape index (κ3) is 8.41. The molecule has 0 aromatic heterocycles. The van der Waals surface area contributed by atoms with Crippen LogP contribution in [0.15, 0.2) is 72.8 Å². The van der Waals surface area contributed by atoms with Crippen molar-refractivity contribution in [3.05, 3.63) is 94.0 Å². The Hall–Kier alpha value is -3.22. The van der Waals surface area contributed by atoms with E-state index in [1.807, 2.05) is 44.2 Å². The first kappa shape index (κ1) is 28.4. The van der Waals surface area contributed by atoms with Crippen LogP contribution in [0.25, 0.3) is 0 Å². The number of halogens is 2. The molecule has 37 heavy (non-hydrogen) atoms. The zero-order chi connectivity index (χ0) is 26.8. The van der Waals surface area contributed by atoms with Crippen LogP contribution >= 0.6 is 23.2 Å². The molecule has 0 unspecified atom stereocenters. The lowest BCUT2D eigenvalue weighted by atomic mass is 10.0. The topological polar surface area (TPSA) is 67.9 Å². The molecule has 3 aromatic rings. The normalized spacial score (nSPS) is 11.6. The van der Waals surface area contributed by atoms with E-state index in [2.05, 4.69) is 5.32 Å². The lowest BCUT2D eigenvalue weighted by Gasteiger charge is -2.32. The summed E-state index contributed by atoms with van der Waals surface area (Å²) in [7, 11) is 1.58. The number of nitrogens with zero attached hydrogens (tertiary/aromatic N) is 1. The van der Waals surface area contributed by atoms with Gasteiger partial charge in [0, 0.05) is 35.1 Å². The van der Waals surface area contributed by atoms with Gasteiger partial charge in [-0.3, -0.25) is 9.59 Å². The third-order valence-corrected chi connectivity index (χ3v) is 6.48. The molecule has 1 N–H and O–H groups in total. The smallest absolute Gasteiger partial charge is 0.261 e. The molecule has 0 aliphatic carbocycles. The van der Waals surface area contributed by atoms with E-state index in [9.17, 15) is 9.59 Å². The first-order chi connectivity index (χ1) is 17.8. The summed E-state index contributed by atoms with van der Waals surface area (Å²) in [5.41, 5.74) is 1.49. The summed E-state index contributed by atoms with van der Waals surface area (Å²) in [5, 5.41) is 3.82. The van der Waals surface area contributed by atoms with Crippen molar-refractivity contribution in [3.8, 4) is 11.5 Å². The molecule has 1 atom stereocenters. The molecular weight excluding hydrogens is 511 g/mol. The Bertz CT molecular complexity index is 1150. The lowest BCUT2D eigenvalue weighted by molar-refractivity contribution is -0.142. The van der Waals surface area contributed by atoms with Crippen LogP contribution in [0.4, 0.5) is 0 Å². The summed E-state index contributed by atoms with van der Waals surface area (Å²) in [6.07, 6.45) is 0.321. The largest absolute Gasteiger partial charge is 0.497 e. The van der Waals surface area contributed by atoms with Crippen LogP contribution in [0, 0.1) is 5.92 Å². The molecule has 0 aliphatic heterocycles. The highest BCUT2D eigenvalue weighted by atomic mass is 35.5. The fraction of sp³-hybridized carbons (Fsp3) is 0.310. The van der Waals surface area contributed by atoms with E-state index < -0.39 is 6.04 Å². The SMILES string of the molecule is COc1ccc(OCC(=O)N(Cc2c(Cl)cccc2Cl)[C@@H](Cc2ccccc2)C(=O)NCC(C)C)cc1. The Morgan fingerprint density at radius 1 is 0.892 bits per heavy atom. The van der Waals surface area contributed by atoms with E-state index in [0.29, 0.717) is 40.1 Å². The number of ether oxygens (including phenoxy) is 2. The van der Waals surface area contributed by atoms with E-state index in [1.165, 1.54) is 4.90 Å². The Balaban J connectivity index is 1.93. The first-order valence-electron chi connectivity index (χ1n) is 12.1. The van der Waals surface area contributed by atoms with Gasteiger partial charge >= 0.3 is 0 Å². The molecule has 0 bridgehead atoms. The lowest BCUT2D eigenvalue weighted by Crippen LogP contribution is -2.52. The fourth-order valence-corrected chi connectivity index (χ4v) is 4.25. The van der Waals surface area contributed by atoms with Crippen LogP contribution in [0.1, 0.15) is 25.0 Å². The van der Waals surface area contributed by atoms with Crippen LogP contribution in [-0.4, -0.2) is 43.0 Å². The van der Waals surface area contributed by atoms with Gasteiger partial charge in [-0.2, -0.15) is 0 Å². The van der Waals surface area contributed by atoms with Crippen molar-refractivity contribution in [3.63, 3.8) is 0 Å². The maximum absolute atomic E-state index is 13.7. The zero-order valence-electron chi connectivity index (χ0n) is 21.2. The van der Waals surface area contributed by atoms with Crippen LogP contribution in [-0.2, 0) is 22.6 Å². The second kappa shape index (κ2) is 13.9. The summed E-state index contributed by atoms with van der Waals surface area (Å²) in [4.78, 5) is 28.6. The van der Waals surface area contributed by atoms with Crippen LogP contribution < -0.4 is 14.8 Å². The van der Waals surface area contributed by atoms with Gasteiger partial charge in [0.25, 0.3) is 5.91 Å². The molecule has 0 saturated carbocycles. The van der Waals surface area contributed by atoms with Crippen molar-refractivity contribution in [2.24, 2.45) is 5.92 Å². The van der Waals surface area contributed by atoms with Gasteiger partial charge < -0.3 is 19.7 Å². The monoisotopic (exact) mass is 542 g/mol. The molecule has 3 rings (SSSR count). The molecule has 196 valence electrons. The van der Waals surface area contributed by atoms with Gasteiger partial charge in [0.15, 0.2) is 6.61 Å². The van der Waals surface area contributed by atoms with Crippen molar-refractivity contribution in [1.29, 1.82) is 0 Å². The van der Waals surface area contributed by atoms with E-state index in [4.69, 9.17) is 32.7 Å². The second-order valence-electron chi connectivity index (χ2n) is 9.03. The zero-order valence-corrected chi connectivity index (χ0v) is 22.8. The molecule has 0 fully saturated rings. The number of carbonyl (C=O) groups is 2. The summed E-state index contributed by atoms with van der Waals surface area (Å²) >= 11 is 12.9. The molecule has 0 aliphatic rings. The van der Waals surface area contributed by atoms with Gasteiger partial charge in [-0.15, -0.1) is 0 Å². The van der Waals surface area contributed by atoms with Crippen LogP contribution in [0.5, 0.6) is 11.5 Å². The van der Waals surface area contributed by atoms with Gasteiger partial charge in [0.05, 0.1) is 7.11 Å². The van der Waals surface area contributed by atoms with Gasteiger partial charge in [0.2, 0.25) is 5.91 Å². The van der Waals surface area contributed by atoms with Gasteiger partial charge in [0.1, 0.15) is 17.5 Å². The number of benzene rings is 3. The number of hydrogen-bond acceptors (Lipinski definition) is 4. The van der Waals surface area contributed by atoms with Gasteiger partial charge in [-0.1, -0.05) is 73.4 Å². The maximum Gasteiger partial charge on any atom is 0.261 e. The molecule has 0 radical (unpaired) electrons. The predicted octanol–water partition coefficient (Wildman–Crippen LogP) is 5.79. The average Bonchev–Trinajstić information content (AvgIpc) is 2.90. The number of amides is 2. The summed E-state index contributed by atoms with van der Waals surface area (Å²) in [5.74, 6) is 0.819. The highest BCUT2D eigenvalue weighted by Crippen LogP contribution is 2.27. The standard InChI is InChI=1S/C29H32Cl2N2O4/c1-20(2)17-32-29(35)27(16-21-8-5-4-6-9-21)33(18-24-25(30)10-7-11-26(24)31)28(34)19-37-23-14-12-22(36-3)13-15-23/h4-15,20,27H,16-19H2,1-3H3,(H,32,35)/t27-/m0/s1. The van der Waals surface area contributed by atoms with Crippen LogP contribution in [0.3, 0.4) is 0 Å². The van der Waals surface area contributed by atoms with Gasteiger partial charge in [-0.25, -0.2) is 0 Å².